The maximum absolute atomic E-state index is 11.3. The highest BCUT2D eigenvalue weighted by Crippen LogP contribution is 2.27. The van der Waals surface area contributed by atoms with Crippen molar-refractivity contribution in [2.75, 3.05) is 0 Å². The Morgan fingerprint density at radius 1 is 1.47 bits per heavy atom. The second-order valence-electron chi connectivity index (χ2n) is 3.70. The van der Waals surface area contributed by atoms with Crippen LogP contribution in [0.5, 0.6) is 5.75 Å². The molecule has 0 aliphatic rings. The van der Waals surface area contributed by atoms with Crippen molar-refractivity contribution >= 4 is 11.6 Å². The minimum Gasteiger partial charge on any atom is -0.489 e. The molecule has 0 atom stereocenters. The van der Waals surface area contributed by atoms with Crippen molar-refractivity contribution < 1.29 is 4.74 Å². The topological polar surface area (TPSA) is 72.8 Å². The predicted molar refractivity (Wildman–Crippen MR) is 62.8 cm³/mol. The molecule has 2 rings (SSSR count). The third-order valence-electron chi connectivity index (χ3n) is 1.99. The number of nitrogens with one attached hydrogen (secondary N) is 1. The molecular formula is C10H11ClN4O2. The van der Waals surface area contributed by atoms with Gasteiger partial charge in [0.15, 0.2) is 0 Å². The Balaban J connectivity index is 2.38. The van der Waals surface area contributed by atoms with E-state index in [1.165, 1.54) is 0 Å². The smallest absolute Gasteiger partial charge is 0.365 e. The van der Waals surface area contributed by atoms with Crippen molar-refractivity contribution in [3.63, 3.8) is 0 Å². The Bertz CT molecular complexity index is 576. The van der Waals surface area contributed by atoms with E-state index in [1.54, 1.807) is 18.2 Å². The highest BCUT2D eigenvalue weighted by molar-refractivity contribution is 6.32. The van der Waals surface area contributed by atoms with Crippen LogP contribution in [0.4, 0.5) is 0 Å². The summed E-state index contributed by atoms with van der Waals surface area (Å²) in [4.78, 5) is 11.3. The van der Waals surface area contributed by atoms with Crippen LogP contribution in [-0.4, -0.2) is 26.3 Å². The van der Waals surface area contributed by atoms with E-state index in [0.29, 0.717) is 16.5 Å². The normalized spacial score (nSPS) is 10.8. The van der Waals surface area contributed by atoms with Crippen molar-refractivity contribution in [2.45, 2.75) is 20.0 Å². The Hall–Kier alpha value is -1.82. The number of hydrogen-bond acceptors (Lipinski definition) is 4. The standard InChI is InChI=1S/C10H11ClN4O2/c1-6(2)17-9-4-3-7(5-8(9)11)15-10(16)12-13-14-15/h3-6H,1-2H3,(H,12,14,16). The van der Waals surface area contributed by atoms with Crippen molar-refractivity contribution in [3.8, 4) is 11.4 Å². The van der Waals surface area contributed by atoms with Crippen LogP contribution in [0.1, 0.15) is 13.8 Å². The molecule has 0 radical (unpaired) electrons. The van der Waals surface area contributed by atoms with E-state index < -0.39 is 5.69 Å². The molecule has 0 bridgehead atoms. The Labute approximate surface area is 102 Å². The van der Waals surface area contributed by atoms with Gasteiger partial charge in [-0.3, -0.25) is 0 Å². The van der Waals surface area contributed by atoms with Crippen molar-refractivity contribution in [1.82, 2.24) is 20.2 Å². The largest absolute Gasteiger partial charge is 0.489 e. The average molecular weight is 255 g/mol. The van der Waals surface area contributed by atoms with Gasteiger partial charge in [0.25, 0.3) is 0 Å². The molecule has 0 spiro atoms. The van der Waals surface area contributed by atoms with Gasteiger partial charge < -0.3 is 4.74 Å². The molecule has 7 heteroatoms. The number of aromatic amines is 1. The summed E-state index contributed by atoms with van der Waals surface area (Å²) in [6.45, 7) is 3.82. The summed E-state index contributed by atoms with van der Waals surface area (Å²) < 4.78 is 6.60. The minimum absolute atomic E-state index is 0.0353. The van der Waals surface area contributed by atoms with E-state index in [4.69, 9.17) is 16.3 Å². The zero-order chi connectivity index (χ0) is 12.4. The van der Waals surface area contributed by atoms with Crippen LogP contribution in [0.3, 0.4) is 0 Å². The lowest BCUT2D eigenvalue weighted by Gasteiger charge is -2.11. The Kier molecular flexibility index (Phi) is 3.14. The summed E-state index contributed by atoms with van der Waals surface area (Å²) in [5.74, 6) is 0.571. The van der Waals surface area contributed by atoms with Crippen LogP contribution < -0.4 is 10.4 Å². The minimum atomic E-state index is -0.418. The number of nitrogens with zero attached hydrogens (tertiary/aromatic N) is 3. The summed E-state index contributed by atoms with van der Waals surface area (Å²) >= 11 is 6.04. The first-order valence-electron chi connectivity index (χ1n) is 5.05. The third kappa shape index (κ3) is 2.47. The maximum atomic E-state index is 11.3. The monoisotopic (exact) mass is 254 g/mol. The molecule has 0 amide bonds. The molecule has 0 saturated carbocycles. The summed E-state index contributed by atoms with van der Waals surface area (Å²) in [5, 5.41) is 9.64. The molecule has 0 saturated heterocycles. The molecule has 1 N–H and O–H groups in total. The van der Waals surface area contributed by atoms with Gasteiger partial charge in [-0.1, -0.05) is 11.6 Å². The van der Waals surface area contributed by atoms with E-state index in [2.05, 4.69) is 15.5 Å². The number of ether oxygens (including phenoxy) is 1. The summed E-state index contributed by atoms with van der Waals surface area (Å²) in [6, 6.07) is 4.98. The number of aromatic nitrogens is 4. The van der Waals surface area contributed by atoms with Crippen molar-refractivity contribution in [3.05, 3.63) is 33.7 Å². The zero-order valence-electron chi connectivity index (χ0n) is 9.35. The van der Waals surface area contributed by atoms with Crippen LogP contribution in [0.15, 0.2) is 23.0 Å². The van der Waals surface area contributed by atoms with Gasteiger partial charge in [-0.05, 0) is 42.5 Å². The van der Waals surface area contributed by atoms with Gasteiger partial charge in [-0.25, -0.2) is 9.89 Å². The van der Waals surface area contributed by atoms with Gasteiger partial charge in [0.1, 0.15) is 5.75 Å². The van der Waals surface area contributed by atoms with Gasteiger partial charge in [-0.2, -0.15) is 4.68 Å². The lowest BCUT2D eigenvalue weighted by atomic mass is 10.3. The quantitative estimate of drug-likeness (QED) is 0.899. The van der Waals surface area contributed by atoms with Crippen LogP contribution in [0.2, 0.25) is 5.02 Å². The van der Waals surface area contributed by atoms with Gasteiger partial charge in [0, 0.05) is 0 Å². The van der Waals surface area contributed by atoms with Crippen LogP contribution in [0.25, 0.3) is 5.69 Å². The summed E-state index contributed by atoms with van der Waals surface area (Å²) in [6.07, 6.45) is 0.0353. The average Bonchev–Trinajstić information content (AvgIpc) is 2.67. The number of tetrazole rings is 1. The van der Waals surface area contributed by atoms with E-state index >= 15 is 0 Å². The Morgan fingerprint density at radius 3 is 2.76 bits per heavy atom. The molecule has 17 heavy (non-hydrogen) atoms. The van der Waals surface area contributed by atoms with Crippen molar-refractivity contribution in [2.24, 2.45) is 0 Å². The van der Waals surface area contributed by atoms with E-state index in [9.17, 15) is 4.79 Å². The van der Waals surface area contributed by atoms with Crippen LogP contribution in [0, 0.1) is 0 Å². The van der Waals surface area contributed by atoms with Gasteiger partial charge in [0.05, 0.1) is 16.8 Å². The molecule has 1 heterocycles. The third-order valence-corrected chi connectivity index (χ3v) is 2.29. The van der Waals surface area contributed by atoms with Gasteiger partial charge in [0.2, 0.25) is 0 Å². The number of benzene rings is 1. The number of halogens is 1. The molecule has 1 aromatic heterocycles. The Morgan fingerprint density at radius 2 is 2.24 bits per heavy atom. The van der Waals surface area contributed by atoms with Crippen LogP contribution in [-0.2, 0) is 0 Å². The predicted octanol–water partition coefficient (Wildman–Crippen LogP) is 1.40. The highest BCUT2D eigenvalue weighted by Gasteiger charge is 2.08. The first-order valence-corrected chi connectivity index (χ1v) is 5.42. The number of hydrogen-bond donors (Lipinski definition) is 1. The summed E-state index contributed by atoms with van der Waals surface area (Å²) in [7, 11) is 0. The van der Waals surface area contributed by atoms with Crippen LogP contribution >= 0.6 is 11.6 Å². The molecular weight excluding hydrogens is 244 g/mol. The molecule has 0 aliphatic heterocycles. The van der Waals surface area contributed by atoms with Gasteiger partial charge >= 0.3 is 5.69 Å². The second kappa shape index (κ2) is 4.58. The maximum Gasteiger partial charge on any atom is 0.365 e. The summed E-state index contributed by atoms with van der Waals surface area (Å²) in [5.41, 5.74) is 0.114. The first kappa shape index (κ1) is 11.7. The fourth-order valence-electron chi connectivity index (χ4n) is 1.34. The van der Waals surface area contributed by atoms with Crippen molar-refractivity contribution in [1.29, 1.82) is 0 Å². The molecule has 2 aromatic rings. The molecule has 0 fully saturated rings. The fraction of sp³-hybridized carbons (Fsp3) is 0.300. The number of rotatable bonds is 3. The highest BCUT2D eigenvalue weighted by atomic mass is 35.5. The number of H-pyrrole nitrogens is 1. The van der Waals surface area contributed by atoms with E-state index in [0.717, 1.165) is 4.68 Å². The second-order valence-corrected chi connectivity index (χ2v) is 4.11. The van der Waals surface area contributed by atoms with E-state index in [-0.39, 0.29) is 6.10 Å². The first-order chi connectivity index (χ1) is 8.08. The van der Waals surface area contributed by atoms with E-state index in [1.807, 2.05) is 13.8 Å². The molecule has 90 valence electrons. The molecule has 1 aromatic carbocycles. The SMILES string of the molecule is CC(C)Oc1ccc(-n2nn[nH]c2=O)cc1Cl. The molecule has 0 unspecified atom stereocenters. The lowest BCUT2D eigenvalue weighted by Crippen LogP contribution is -2.16. The lowest BCUT2D eigenvalue weighted by molar-refractivity contribution is 0.242. The fourth-order valence-corrected chi connectivity index (χ4v) is 1.56. The molecule has 6 nitrogen and oxygen atoms in total. The molecule has 0 aliphatic carbocycles. The van der Waals surface area contributed by atoms with Gasteiger partial charge in [-0.15, -0.1) is 0 Å². The zero-order valence-corrected chi connectivity index (χ0v) is 10.1.